The Hall–Kier alpha value is -2.18. The van der Waals surface area contributed by atoms with Gasteiger partial charge in [-0.15, -0.1) is 0 Å². The van der Waals surface area contributed by atoms with Gasteiger partial charge in [-0.1, -0.05) is 30.3 Å². The number of carbonyl (C=O) groups excluding carboxylic acids is 1. The number of halogens is 1. The van der Waals surface area contributed by atoms with Crippen LogP contribution in [0.4, 0.5) is 0 Å². The number of rotatable bonds is 2. The van der Waals surface area contributed by atoms with Crippen molar-refractivity contribution in [2.24, 2.45) is 5.10 Å². The molecule has 118 valence electrons. The first-order valence-corrected chi connectivity index (χ1v) is 7.86. The number of carbonyl (C=O) groups is 1. The second-order valence-corrected chi connectivity index (χ2v) is 6.33. The minimum absolute atomic E-state index is 0.0281. The molecule has 0 aromatic heterocycles. The van der Waals surface area contributed by atoms with Gasteiger partial charge < -0.3 is 10.2 Å². The van der Waals surface area contributed by atoms with Gasteiger partial charge in [-0.2, -0.15) is 10.1 Å². The topological polar surface area (TPSA) is 73.1 Å². The number of benzene rings is 2. The smallest absolute Gasteiger partial charge is 0.278 e. The highest BCUT2D eigenvalue weighted by atomic mass is 79.9. The van der Waals surface area contributed by atoms with Crippen LogP contribution in [0.1, 0.15) is 29.3 Å². The molecule has 23 heavy (non-hydrogen) atoms. The summed E-state index contributed by atoms with van der Waals surface area (Å²) >= 11 is 3.30. The van der Waals surface area contributed by atoms with Gasteiger partial charge in [0.15, 0.2) is 5.72 Å². The predicted octanol–water partition coefficient (Wildman–Crippen LogP) is 3.22. The average Bonchev–Trinajstić information content (AvgIpc) is 2.86. The second-order valence-electron chi connectivity index (χ2n) is 5.48. The Bertz CT molecular complexity index is 792. The molecule has 0 saturated heterocycles. The summed E-state index contributed by atoms with van der Waals surface area (Å²) in [7, 11) is 0. The highest BCUT2D eigenvalue weighted by Crippen LogP contribution is 2.37. The maximum atomic E-state index is 12.9. The van der Waals surface area contributed by atoms with Crippen molar-refractivity contribution in [2.45, 2.75) is 19.1 Å². The van der Waals surface area contributed by atoms with E-state index in [4.69, 9.17) is 0 Å². The van der Waals surface area contributed by atoms with Crippen LogP contribution in [-0.2, 0) is 5.72 Å². The quantitative estimate of drug-likeness (QED) is 0.847. The van der Waals surface area contributed by atoms with Crippen molar-refractivity contribution < 1.29 is 15.0 Å². The molecule has 2 N–H and O–H groups in total. The van der Waals surface area contributed by atoms with E-state index in [-0.39, 0.29) is 17.7 Å². The van der Waals surface area contributed by atoms with E-state index in [1.54, 1.807) is 37.3 Å². The van der Waals surface area contributed by atoms with E-state index in [0.29, 0.717) is 15.7 Å². The summed E-state index contributed by atoms with van der Waals surface area (Å²) in [6, 6.07) is 13.4. The summed E-state index contributed by atoms with van der Waals surface area (Å²) in [6.07, 6.45) is 0.235. The molecule has 3 rings (SSSR count). The molecule has 0 saturated carbocycles. The predicted molar refractivity (Wildman–Crippen MR) is 90.0 cm³/mol. The van der Waals surface area contributed by atoms with Crippen LogP contribution in [-0.4, -0.2) is 26.8 Å². The van der Waals surface area contributed by atoms with Crippen molar-refractivity contribution in [2.75, 3.05) is 0 Å². The number of phenolic OH excluding ortho intramolecular Hbond substituents is 1. The summed E-state index contributed by atoms with van der Waals surface area (Å²) < 4.78 is 0.524. The zero-order valence-electron chi connectivity index (χ0n) is 12.4. The molecule has 6 heteroatoms. The van der Waals surface area contributed by atoms with E-state index >= 15 is 0 Å². The third-order valence-electron chi connectivity index (χ3n) is 3.73. The zero-order valence-corrected chi connectivity index (χ0v) is 14.0. The molecule has 0 fully saturated rings. The van der Waals surface area contributed by atoms with Crippen LogP contribution in [0.5, 0.6) is 5.75 Å². The van der Waals surface area contributed by atoms with Gasteiger partial charge in [0.25, 0.3) is 5.91 Å². The van der Waals surface area contributed by atoms with Crippen LogP contribution < -0.4 is 0 Å². The molecule has 0 bridgehead atoms. The van der Waals surface area contributed by atoms with Crippen molar-refractivity contribution >= 4 is 27.5 Å². The SMILES string of the molecule is CC1=NN(C(=O)c2cc(O)ccc2Br)C(O)(c2ccccc2)C1. The molecular weight excluding hydrogens is 360 g/mol. The van der Waals surface area contributed by atoms with Crippen LogP contribution in [0.3, 0.4) is 0 Å². The van der Waals surface area contributed by atoms with Gasteiger partial charge in [0, 0.05) is 22.2 Å². The fourth-order valence-corrected chi connectivity index (χ4v) is 3.07. The molecule has 0 spiro atoms. The minimum Gasteiger partial charge on any atom is -0.508 e. The Balaban J connectivity index is 2.06. The molecule has 1 atom stereocenters. The van der Waals surface area contributed by atoms with E-state index in [1.165, 1.54) is 12.1 Å². The van der Waals surface area contributed by atoms with E-state index in [2.05, 4.69) is 21.0 Å². The first-order valence-electron chi connectivity index (χ1n) is 7.07. The van der Waals surface area contributed by atoms with Gasteiger partial charge in [-0.25, -0.2) is 0 Å². The highest BCUT2D eigenvalue weighted by Gasteiger charge is 2.45. The number of aromatic hydroxyl groups is 1. The summed E-state index contributed by atoms with van der Waals surface area (Å²) in [4.78, 5) is 12.9. The van der Waals surface area contributed by atoms with Gasteiger partial charge in [0.2, 0.25) is 0 Å². The highest BCUT2D eigenvalue weighted by molar-refractivity contribution is 9.10. The van der Waals surface area contributed by atoms with Crippen LogP contribution in [0.25, 0.3) is 0 Å². The van der Waals surface area contributed by atoms with Crippen molar-refractivity contribution in [1.29, 1.82) is 0 Å². The summed E-state index contributed by atoms with van der Waals surface area (Å²) in [6.45, 7) is 1.76. The first kappa shape index (κ1) is 15.7. The monoisotopic (exact) mass is 374 g/mol. The zero-order chi connectivity index (χ0) is 16.6. The van der Waals surface area contributed by atoms with E-state index < -0.39 is 11.6 Å². The molecule has 2 aromatic carbocycles. The van der Waals surface area contributed by atoms with Crippen molar-refractivity contribution in [3.05, 3.63) is 64.1 Å². The lowest BCUT2D eigenvalue weighted by molar-refractivity contribution is -0.0765. The van der Waals surface area contributed by atoms with Gasteiger partial charge in [-0.05, 0) is 41.1 Å². The maximum absolute atomic E-state index is 12.9. The summed E-state index contributed by atoms with van der Waals surface area (Å²) in [5, 5.41) is 26.0. The van der Waals surface area contributed by atoms with E-state index in [0.717, 1.165) is 5.01 Å². The molecule has 1 aliphatic rings. The molecule has 0 aliphatic carbocycles. The number of amides is 1. The van der Waals surface area contributed by atoms with Crippen LogP contribution in [0, 0.1) is 0 Å². The first-order chi connectivity index (χ1) is 10.9. The summed E-state index contributed by atoms with van der Waals surface area (Å²) in [5.41, 5.74) is -0.0585. The van der Waals surface area contributed by atoms with Crippen LogP contribution >= 0.6 is 15.9 Å². The van der Waals surface area contributed by atoms with E-state index in [9.17, 15) is 15.0 Å². The Morgan fingerprint density at radius 3 is 2.65 bits per heavy atom. The Morgan fingerprint density at radius 1 is 1.26 bits per heavy atom. The third-order valence-corrected chi connectivity index (χ3v) is 4.42. The number of phenols is 1. The molecule has 1 aliphatic heterocycles. The van der Waals surface area contributed by atoms with Crippen LogP contribution in [0.2, 0.25) is 0 Å². The fourth-order valence-electron chi connectivity index (χ4n) is 2.65. The van der Waals surface area contributed by atoms with Gasteiger partial charge >= 0.3 is 0 Å². The lowest BCUT2D eigenvalue weighted by atomic mass is 9.97. The fraction of sp³-hybridized carbons (Fsp3) is 0.176. The Kier molecular flexibility index (Phi) is 3.95. The number of hydrogen-bond acceptors (Lipinski definition) is 4. The Labute approximate surface area is 142 Å². The van der Waals surface area contributed by atoms with Crippen molar-refractivity contribution in [1.82, 2.24) is 5.01 Å². The molecule has 0 radical (unpaired) electrons. The molecule has 5 nitrogen and oxygen atoms in total. The third kappa shape index (κ3) is 2.75. The Morgan fingerprint density at radius 2 is 1.96 bits per heavy atom. The molecule has 1 amide bonds. The molecule has 1 unspecified atom stereocenters. The second kappa shape index (κ2) is 5.79. The molecule has 1 heterocycles. The number of aliphatic hydroxyl groups is 1. The lowest BCUT2D eigenvalue weighted by Crippen LogP contribution is -2.43. The number of hydrazone groups is 1. The largest absolute Gasteiger partial charge is 0.508 e. The molecular formula is C17H15BrN2O3. The van der Waals surface area contributed by atoms with Crippen molar-refractivity contribution in [3.63, 3.8) is 0 Å². The van der Waals surface area contributed by atoms with Crippen LogP contribution in [0.15, 0.2) is 58.1 Å². The lowest BCUT2D eigenvalue weighted by Gasteiger charge is -2.31. The van der Waals surface area contributed by atoms with Gasteiger partial charge in [0.05, 0.1) is 5.56 Å². The summed E-state index contributed by atoms with van der Waals surface area (Å²) in [5.74, 6) is -0.518. The minimum atomic E-state index is -1.53. The average molecular weight is 375 g/mol. The van der Waals surface area contributed by atoms with Crippen molar-refractivity contribution in [3.8, 4) is 5.75 Å². The maximum Gasteiger partial charge on any atom is 0.278 e. The van der Waals surface area contributed by atoms with Gasteiger partial charge in [-0.3, -0.25) is 4.79 Å². The van der Waals surface area contributed by atoms with E-state index in [1.807, 2.05) is 6.07 Å². The molecule has 2 aromatic rings. The van der Waals surface area contributed by atoms with Gasteiger partial charge in [0.1, 0.15) is 5.75 Å². The standard InChI is InChI=1S/C17H15BrN2O3/c1-11-10-17(23,12-5-3-2-4-6-12)20(19-11)16(22)14-9-13(21)7-8-15(14)18/h2-9,21,23H,10H2,1H3. The number of hydrogen-bond donors (Lipinski definition) is 2. The normalized spacial score (nSPS) is 20.5. The number of nitrogens with zero attached hydrogens (tertiary/aromatic N) is 2.